The van der Waals surface area contributed by atoms with Crippen LogP contribution in [-0.2, 0) is 4.74 Å². The largest absolute Gasteiger partial charge is 0.449 e. The first kappa shape index (κ1) is 17.7. The third kappa shape index (κ3) is 3.65. The zero-order valence-electron chi connectivity index (χ0n) is 13.2. The fourth-order valence-corrected chi connectivity index (χ4v) is 2.60. The number of rotatable bonds is 2. The lowest BCUT2D eigenvalue weighted by molar-refractivity contribution is 0.153. The molecule has 22 heavy (non-hydrogen) atoms. The van der Waals surface area contributed by atoms with Crippen molar-refractivity contribution in [2.45, 2.75) is 19.8 Å². The van der Waals surface area contributed by atoms with Gasteiger partial charge in [0.1, 0.15) is 6.61 Å². The van der Waals surface area contributed by atoms with Crippen LogP contribution in [0.2, 0.25) is 0 Å². The molecule has 0 aromatic heterocycles. The second-order valence-electron chi connectivity index (χ2n) is 4.36. The third-order valence-corrected chi connectivity index (χ3v) is 3.35. The van der Waals surface area contributed by atoms with Gasteiger partial charge in [-0.05, 0) is 22.3 Å². The first-order valence-electron chi connectivity index (χ1n) is 7.32. The van der Waals surface area contributed by atoms with Crippen LogP contribution in [0.25, 0.3) is 11.1 Å². The number of nitrogens with two attached hydrogens (primary N) is 1. The average molecular weight is 301 g/mol. The van der Waals surface area contributed by atoms with Gasteiger partial charge in [0, 0.05) is 13.0 Å². The van der Waals surface area contributed by atoms with Gasteiger partial charge in [-0.3, -0.25) is 0 Å². The predicted molar refractivity (Wildman–Crippen MR) is 88.7 cm³/mol. The SMILES string of the molecule is CC.CO.NC(=O)OCC1c2ccccc2-c2ccccc21. The molecule has 3 rings (SSSR count). The van der Waals surface area contributed by atoms with Gasteiger partial charge in [-0.1, -0.05) is 62.4 Å². The predicted octanol–water partition coefficient (Wildman–Crippen LogP) is 3.53. The smallest absolute Gasteiger partial charge is 0.404 e. The minimum atomic E-state index is -0.725. The van der Waals surface area contributed by atoms with Gasteiger partial charge in [0.15, 0.2) is 0 Å². The molecule has 4 heteroatoms. The van der Waals surface area contributed by atoms with Crippen molar-refractivity contribution >= 4 is 6.09 Å². The lowest BCUT2D eigenvalue weighted by Gasteiger charge is -2.12. The maximum absolute atomic E-state index is 10.8. The Morgan fingerprint density at radius 3 is 1.82 bits per heavy atom. The normalized spacial score (nSPS) is 11.1. The first-order valence-corrected chi connectivity index (χ1v) is 7.32. The maximum Gasteiger partial charge on any atom is 0.404 e. The molecule has 1 aliphatic rings. The highest BCUT2D eigenvalue weighted by Gasteiger charge is 2.28. The number of hydrogen-bond acceptors (Lipinski definition) is 3. The van der Waals surface area contributed by atoms with Gasteiger partial charge >= 0.3 is 6.09 Å². The van der Waals surface area contributed by atoms with E-state index in [2.05, 4.69) is 24.3 Å². The van der Waals surface area contributed by atoms with Crippen molar-refractivity contribution in [3.63, 3.8) is 0 Å². The Morgan fingerprint density at radius 2 is 1.41 bits per heavy atom. The van der Waals surface area contributed by atoms with E-state index in [9.17, 15) is 4.79 Å². The van der Waals surface area contributed by atoms with E-state index in [4.69, 9.17) is 15.6 Å². The summed E-state index contributed by atoms with van der Waals surface area (Å²) in [7, 11) is 1.00. The van der Waals surface area contributed by atoms with Crippen molar-refractivity contribution in [1.29, 1.82) is 0 Å². The molecule has 0 aliphatic heterocycles. The summed E-state index contributed by atoms with van der Waals surface area (Å²) < 4.78 is 4.98. The van der Waals surface area contributed by atoms with Gasteiger partial charge in [0.25, 0.3) is 0 Å². The molecule has 0 spiro atoms. The fraction of sp³-hybridized carbons (Fsp3) is 0.278. The fourth-order valence-electron chi connectivity index (χ4n) is 2.60. The zero-order chi connectivity index (χ0) is 16.5. The summed E-state index contributed by atoms with van der Waals surface area (Å²) in [4.78, 5) is 10.8. The lowest BCUT2D eigenvalue weighted by atomic mass is 9.98. The van der Waals surface area contributed by atoms with Crippen molar-refractivity contribution in [2.75, 3.05) is 13.7 Å². The Bertz CT molecular complexity index is 565. The van der Waals surface area contributed by atoms with Gasteiger partial charge in [-0.2, -0.15) is 0 Å². The van der Waals surface area contributed by atoms with Gasteiger partial charge in [-0.15, -0.1) is 0 Å². The highest BCUT2D eigenvalue weighted by Crippen LogP contribution is 2.44. The van der Waals surface area contributed by atoms with Crippen LogP contribution in [0.5, 0.6) is 0 Å². The van der Waals surface area contributed by atoms with Gasteiger partial charge < -0.3 is 15.6 Å². The Hall–Kier alpha value is -2.33. The van der Waals surface area contributed by atoms with Gasteiger partial charge in [0.05, 0.1) is 0 Å². The molecule has 3 N–H and O–H groups in total. The van der Waals surface area contributed by atoms with Crippen molar-refractivity contribution in [1.82, 2.24) is 0 Å². The summed E-state index contributed by atoms with van der Waals surface area (Å²) in [5.74, 6) is 0.0879. The summed E-state index contributed by atoms with van der Waals surface area (Å²) >= 11 is 0. The lowest BCUT2D eigenvalue weighted by Crippen LogP contribution is -2.17. The molecule has 0 saturated heterocycles. The second-order valence-corrected chi connectivity index (χ2v) is 4.36. The molecule has 118 valence electrons. The molecule has 0 bridgehead atoms. The standard InChI is InChI=1S/C15H13NO2.C2H6.CH4O/c16-15(17)18-9-14-12-7-3-1-5-10(12)11-6-2-4-8-13(11)14;2*1-2/h1-8,14H,9H2,(H2,16,17);1-2H3;2H,1H3. The van der Waals surface area contributed by atoms with Crippen molar-refractivity contribution in [3.05, 3.63) is 59.7 Å². The number of ether oxygens (including phenoxy) is 1. The number of fused-ring (bicyclic) bond motifs is 3. The molecule has 4 nitrogen and oxygen atoms in total. The molecule has 0 heterocycles. The molecule has 0 fully saturated rings. The number of carbonyl (C=O) groups excluding carboxylic acids is 1. The van der Waals surface area contributed by atoms with Crippen LogP contribution < -0.4 is 5.73 Å². The van der Waals surface area contributed by atoms with Crippen LogP contribution in [0.4, 0.5) is 4.79 Å². The highest BCUT2D eigenvalue weighted by molar-refractivity contribution is 5.79. The summed E-state index contributed by atoms with van der Waals surface area (Å²) in [5, 5.41) is 7.00. The zero-order valence-corrected chi connectivity index (χ0v) is 13.2. The van der Waals surface area contributed by atoms with E-state index in [0.29, 0.717) is 6.61 Å². The minimum Gasteiger partial charge on any atom is -0.449 e. The molecule has 1 aliphatic carbocycles. The summed E-state index contributed by atoms with van der Waals surface area (Å²) in [6.45, 7) is 4.30. The number of primary amides is 1. The van der Waals surface area contributed by atoms with E-state index < -0.39 is 6.09 Å². The Labute approximate surface area is 131 Å². The monoisotopic (exact) mass is 301 g/mol. The highest BCUT2D eigenvalue weighted by atomic mass is 16.5. The third-order valence-electron chi connectivity index (χ3n) is 3.35. The summed E-state index contributed by atoms with van der Waals surface area (Å²) in [6.07, 6.45) is -0.725. The molecule has 0 unspecified atom stereocenters. The van der Waals surface area contributed by atoms with Crippen LogP contribution in [0.1, 0.15) is 30.9 Å². The number of carbonyl (C=O) groups is 1. The first-order chi connectivity index (χ1) is 10.8. The molecular formula is C18H23NO3. The second kappa shape index (κ2) is 8.85. The van der Waals surface area contributed by atoms with Crippen LogP contribution in [0, 0.1) is 0 Å². The summed E-state index contributed by atoms with van der Waals surface area (Å²) in [6, 6.07) is 16.4. The van der Waals surface area contributed by atoms with E-state index in [1.165, 1.54) is 22.3 Å². The molecule has 2 aromatic carbocycles. The van der Waals surface area contributed by atoms with E-state index in [1.807, 2.05) is 38.1 Å². The van der Waals surface area contributed by atoms with Crippen molar-refractivity contribution in [3.8, 4) is 11.1 Å². The topological polar surface area (TPSA) is 72.5 Å². The Balaban J connectivity index is 0.000000561. The number of aliphatic hydroxyl groups excluding tert-OH is 1. The molecule has 0 atom stereocenters. The van der Waals surface area contributed by atoms with E-state index in [-0.39, 0.29) is 5.92 Å². The average Bonchev–Trinajstić information content (AvgIpc) is 2.91. The number of benzene rings is 2. The summed E-state index contributed by atoms with van der Waals surface area (Å²) in [5.41, 5.74) is 9.87. The number of hydrogen-bond donors (Lipinski definition) is 2. The van der Waals surface area contributed by atoms with Crippen LogP contribution in [-0.4, -0.2) is 24.9 Å². The maximum atomic E-state index is 10.8. The van der Waals surface area contributed by atoms with E-state index in [0.717, 1.165) is 7.11 Å². The molecule has 0 radical (unpaired) electrons. The van der Waals surface area contributed by atoms with Crippen molar-refractivity contribution in [2.24, 2.45) is 5.73 Å². The van der Waals surface area contributed by atoms with Crippen LogP contribution in [0.15, 0.2) is 48.5 Å². The van der Waals surface area contributed by atoms with Crippen LogP contribution in [0.3, 0.4) is 0 Å². The molecule has 1 amide bonds. The van der Waals surface area contributed by atoms with E-state index >= 15 is 0 Å². The quantitative estimate of drug-likeness (QED) is 0.891. The molecule has 0 saturated carbocycles. The number of aliphatic hydroxyl groups is 1. The van der Waals surface area contributed by atoms with Crippen LogP contribution >= 0.6 is 0 Å². The van der Waals surface area contributed by atoms with Crippen molar-refractivity contribution < 1.29 is 14.6 Å². The Kier molecular flexibility index (Phi) is 7.13. The molecular weight excluding hydrogens is 278 g/mol. The van der Waals surface area contributed by atoms with Gasteiger partial charge in [-0.25, -0.2) is 4.79 Å². The minimum absolute atomic E-state index is 0.0879. The molecule has 2 aromatic rings. The Morgan fingerprint density at radius 1 is 1.00 bits per heavy atom. The van der Waals surface area contributed by atoms with E-state index in [1.54, 1.807) is 0 Å². The number of amides is 1. The van der Waals surface area contributed by atoms with Gasteiger partial charge in [0.2, 0.25) is 0 Å².